The number of ether oxygens (including phenoxy) is 2. The van der Waals surface area contributed by atoms with Crippen LogP contribution in [0.4, 0.5) is 5.13 Å². The Morgan fingerprint density at radius 1 is 1.09 bits per heavy atom. The summed E-state index contributed by atoms with van der Waals surface area (Å²) in [5, 5.41) is 14.0. The third-order valence-electron chi connectivity index (χ3n) is 4.39. The molecule has 0 atom stereocenters. The smallest absolute Gasteiger partial charge is 0.257 e. The summed E-state index contributed by atoms with van der Waals surface area (Å²) in [6.45, 7) is 2.66. The zero-order chi connectivity index (χ0) is 22.9. The molecule has 8 nitrogen and oxygen atoms in total. The van der Waals surface area contributed by atoms with Crippen molar-refractivity contribution in [1.29, 1.82) is 0 Å². The number of aromatic nitrogens is 1. The van der Waals surface area contributed by atoms with E-state index in [1.165, 1.54) is 16.2 Å². The fourth-order valence-electron chi connectivity index (χ4n) is 2.79. The summed E-state index contributed by atoms with van der Waals surface area (Å²) in [5.41, 5.74) is 0.859. The van der Waals surface area contributed by atoms with Gasteiger partial charge >= 0.3 is 0 Å². The zero-order valence-electron chi connectivity index (χ0n) is 17.9. The first-order valence-electron chi connectivity index (χ1n) is 10.1. The molecule has 0 aliphatic rings. The van der Waals surface area contributed by atoms with Crippen LogP contribution in [0.1, 0.15) is 34.1 Å². The summed E-state index contributed by atoms with van der Waals surface area (Å²) in [7, 11) is 1.63. The molecule has 2 amide bonds. The van der Waals surface area contributed by atoms with E-state index < -0.39 is 0 Å². The highest BCUT2D eigenvalue weighted by Gasteiger charge is 2.14. The van der Waals surface area contributed by atoms with Gasteiger partial charge in [-0.1, -0.05) is 6.92 Å². The topological polar surface area (TPSA) is 101 Å². The molecular weight excluding hydrogens is 430 g/mol. The summed E-state index contributed by atoms with van der Waals surface area (Å²) in [4.78, 5) is 30.5. The minimum Gasteiger partial charge on any atom is -0.493 e. The minimum atomic E-state index is -0.320. The second-order valence-corrected chi connectivity index (χ2v) is 7.80. The van der Waals surface area contributed by atoms with Crippen LogP contribution in [0.25, 0.3) is 0 Å². The highest BCUT2D eigenvalue weighted by atomic mass is 32.1. The fraction of sp³-hybridized carbons (Fsp3) is 0.261. The maximum atomic E-state index is 12.7. The van der Waals surface area contributed by atoms with Crippen LogP contribution in [0.3, 0.4) is 0 Å². The lowest BCUT2D eigenvalue weighted by Gasteiger charge is -2.16. The van der Waals surface area contributed by atoms with Crippen LogP contribution in [-0.4, -0.2) is 53.6 Å². The van der Waals surface area contributed by atoms with Crippen LogP contribution in [-0.2, 0) is 0 Å². The Labute approximate surface area is 190 Å². The number of carbonyl (C=O) groups is 2. The summed E-state index contributed by atoms with van der Waals surface area (Å²) in [5.74, 6) is 0.942. The lowest BCUT2D eigenvalue weighted by Crippen LogP contribution is -2.29. The predicted octanol–water partition coefficient (Wildman–Crippen LogP) is 4.04. The molecule has 0 aliphatic heterocycles. The van der Waals surface area contributed by atoms with Crippen LogP contribution >= 0.6 is 11.3 Å². The average molecular weight is 456 g/mol. The minimum absolute atomic E-state index is 0.0989. The number of likely N-dealkylation sites (N-methyl/N-ethyl adjacent to an activating group) is 1. The van der Waals surface area contributed by atoms with Gasteiger partial charge in [0, 0.05) is 42.4 Å². The quantitative estimate of drug-likeness (QED) is 0.479. The van der Waals surface area contributed by atoms with E-state index in [0.29, 0.717) is 40.1 Å². The van der Waals surface area contributed by atoms with Gasteiger partial charge < -0.3 is 19.5 Å². The van der Waals surface area contributed by atoms with Crippen LogP contribution in [0.2, 0.25) is 0 Å². The van der Waals surface area contributed by atoms with Gasteiger partial charge in [0.05, 0.1) is 13.2 Å². The summed E-state index contributed by atoms with van der Waals surface area (Å²) < 4.78 is 11.6. The lowest BCUT2D eigenvalue weighted by molar-refractivity contribution is 0.0767. The molecule has 2 N–H and O–H groups in total. The fourth-order valence-corrected chi connectivity index (χ4v) is 3.32. The molecule has 9 heteroatoms. The van der Waals surface area contributed by atoms with Crippen LogP contribution in [0.5, 0.6) is 17.2 Å². The SMILES string of the molecule is CCCOc1cc(Oc2ccc(C(=O)N(C)CCO)cc2)cc(C(=O)Nc2nccs2)c1. The van der Waals surface area contributed by atoms with Gasteiger partial charge in [-0.15, -0.1) is 11.3 Å². The number of aliphatic hydroxyl groups is 1. The van der Waals surface area contributed by atoms with Crippen LogP contribution < -0.4 is 14.8 Å². The number of rotatable bonds is 10. The second-order valence-electron chi connectivity index (χ2n) is 6.91. The van der Waals surface area contributed by atoms with E-state index in [1.807, 2.05) is 6.92 Å². The number of anilines is 1. The molecule has 1 heterocycles. The molecule has 0 bridgehead atoms. The van der Waals surface area contributed by atoms with Crippen molar-refractivity contribution >= 4 is 28.3 Å². The van der Waals surface area contributed by atoms with E-state index in [4.69, 9.17) is 14.6 Å². The Bertz CT molecular complexity index is 1040. The Balaban J connectivity index is 1.78. The first-order valence-corrected chi connectivity index (χ1v) is 11.0. The molecule has 3 aromatic rings. The van der Waals surface area contributed by atoms with Crippen molar-refractivity contribution in [2.75, 3.05) is 32.1 Å². The normalized spacial score (nSPS) is 10.5. The highest BCUT2D eigenvalue weighted by molar-refractivity contribution is 7.13. The van der Waals surface area contributed by atoms with Crippen molar-refractivity contribution in [2.24, 2.45) is 0 Å². The molecule has 0 unspecified atom stereocenters. The van der Waals surface area contributed by atoms with Gasteiger partial charge in [-0.2, -0.15) is 0 Å². The zero-order valence-corrected chi connectivity index (χ0v) is 18.7. The van der Waals surface area contributed by atoms with Gasteiger partial charge in [-0.05, 0) is 42.8 Å². The van der Waals surface area contributed by atoms with Gasteiger partial charge in [0.25, 0.3) is 11.8 Å². The molecule has 0 spiro atoms. The van der Waals surface area contributed by atoms with Crippen molar-refractivity contribution in [3.8, 4) is 17.2 Å². The number of aliphatic hydroxyl groups excluding tert-OH is 1. The maximum Gasteiger partial charge on any atom is 0.257 e. The van der Waals surface area contributed by atoms with Crippen molar-refractivity contribution in [1.82, 2.24) is 9.88 Å². The van der Waals surface area contributed by atoms with Gasteiger partial charge in [-0.3, -0.25) is 14.9 Å². The summed E-state index contributed by atoms with van der Waals surface area (Å²) >= 11 is 1.33. The van der Waals surface area contributed by atoms with Crippen molar-refractivity contribution in [2.45, 2.75) is 13.3 Å². The number of nitrogens with one attached hydrogen (secondary N) is 1. The number of hydrogen-bond donors (Lipinski definition) is 2. The van der Waals surface area contributed by atoms with Crippen LogP contribution in [0.15, 0.2) is 54.0 Å². The molecule has 0 aliphatic carbocycles. The van der Waals surface area contributed by atoms with E-state index in [1.54, 1.807) is 61.1 Å². The predicted molar refractivity (Wildman–Crippen MR) is 123 cm³/mol. The van der Waals surface area contributed by atoms with E-state index in [2.05, 4.69) is 10.3 Å². The van der Waals surface area contributed by atoms with E-state index in [9.17, 15) is 9.59 Å². The first-order chi connectivity index (χ1) is 15.5. The average Bonchev–Trinajstić information content (AvgIpc) is 3.31. The molecule has 3 rings (SSSR count). The molecular formula is C23H25N3O5S. The summed E-state index contributed by atoms with van der Waals surface area (Å²) in [6.07, 6.45) is 2.44. The largest absolute Gasteiger partial charge is 0.493 e. The molecule has 2 aromatic carbocycles. The molecule has 0 fully saturated rings. The molecule has 0 saturated carbocycles. The Hall–Kier alpha value is -3.43. The van der Waals surface area contributed by atoms with Crippen molar-refractivity contribution in [3.05, 3.63) is 65.2 Å². The van der Waals surface area contributed by atoms with Gasteiger partial charge in [0.1, 0.15) is 17.2 Å². The number of carbonyl (C=O) groups excluding carboxylic acids is 2. The standard InChI is InChI=1S/C23H25N3O5S/c1-3-11-30-19-13-17(21(28)25-23-24-8-12-32-23)14-20(15-19)31-18-6-4-16(5-7-18)22(29)26(2)9-10-27/h4-8,12-15,27H,3,9-11H2,1-2H3,(H,24,25,28). The van der Waals surface area contributed by atoms with Gasteiger partial charge in [0.15, 0.2) is 5.13 Å². The number of amides is 2. The van der Waals surface area contributed by atoms with Gasteiger partial charge in [0.2, 0.25) is 0 Å². The van der Waals surface area contributed by atoms with Gasteiger partial charge in [-0.25, -0.2) is 4.98 Å². The van der Waals surface area contributed by atoms with E-state index in [0.717, 1.165) is 6.42 Å². The second kappa shape index (κ2) is 11.3. The van der Waals surface area contributed by atoms with Crippen molar-refractivity contribution in [3.63, 3.8) is 0 Å². The maximum absolute atomic E-state index is 12.7. The number of benzene rings is 2. The molecule has 1 aromatic heterocycles. The van der Waals surface area contributed by atoms with E-state index >= 15 is 0 Å². The highest BCUT2D eigenvalue weighted by Crippen LogP contribution is 2.29. The molecule has 168 valence electrons. The Kier molecular flexibility index (Phi) is 8.18. The van der Waals surface area contributed by atoms with Crippen molar-refractivity contribution < 1.29 is 24.2 Å². The van der Waals surface area contributed by atoms with Crippen LogP contribution in [0, 0.1) is 0 Å². The third-order valence-corrected chi connectivity index (χ3v) is 5.08. The molecule has 0 radical (unpaired) electrons. The molecule has 0 saturated heterocycles. The summed E-state index contributed by atoms with van der Waals surface area (Å²) in [6, 6.07) is 11.6. The lowest BCUT2D eigenvalue weighted by atomic mass is 10.1. The third kappa shape index (κ3) is 6.29. The molecule has 32 heavy (non-hydrogen) atoms. The van der Waals surface area contributed by atoms with E-state index in [-0.39, 0.29) is 25.0 Å². The number of hydrogen-bond acceptors (Lipinski definition) is 7. The Morgan fingerprint density at radius 2 is 1.84 bits per heavy atom. The first kappa shape index (κ1) is 23.2. The number of nitrogens with zero attached hydrogens (tertiary/aromatic N) is 2. The number of thiazole rings is 1. The Morgan fingerprint density at radius 3 is 2.50 bits per heavy atom. The monoisotopic (exact) mass is 455 g/mol.